The van der Waals surface area contributed by atoms with Gasteiger partial charge in [-0.25, -0.2) is 0 Å². The second kappa shape index (κ2) is 7.01. The Bertz CT molecular complexity index is 245. The van der Waals surface area contributed by atoms with Gasteiger partial charge in [0, 0.05) is 22.3 Å². The maximum atomic E-state index is 11.6. The fourth-order valence-corrected chi connectivity index (χ4v) is 2.20. The van der Waals surface area contributed by atoms with Crippen molar-refractivity contribution in [3.63, 3.8) is 0 Å². The summed E-state index contributed by atoms with van der Waals surface area (Å²) in [6.07, 6.45) is 0. The summed E-state index contributed by atoms with van der Waals surface area (Å²) in [5.41, 5.74) is -0.210. The van der Waals surface area contributed by atoms with E-state index in [0.29, 0.717) is 18.1 Å². The fourth-order valence-electron chi connectivity index (χ4n) is 1.07. The number of hydrogen-bond donors (Lipinski definition) is 0. The number of carbonyl (C=O) groups is 1. The molecule has 0 saturated heterocycles. The van der Waals surface area contributed by atoms with Crippen molar-refractivity contribution in [1.82, 2.24) is 0 Å². The minimum Gasteiger partial charge on any atom is -0.469 e. The molecule has 0 aromatic rings. The Morgan fingerprint density at radius 2 is 1.94 bits per heavy atom. The molecule has 96 valence electrons. The van der Waals surface area contributed by atoms with E-state index in [9.17, 15) is 9.00 Å². The summed E-state index contributed by atoms with van der Waals surface area (Å²) in [6.45, 7) is 8.02. The fraction of sp³-hybridized carbons (Fsp3) is 0.909. The Kier molecular flexibility index (Phi) is 6.83. The number of hydrogen-bond acceptors (Lipinski definition) is 4. The highest BCUT2D eigenvalue weighted by atomic mass is 32.2. The first kappa shape index (κ1) is 15.6. The lowest BCUT2D eigenvalue weighted by Gasteiger charge is -2.19. The van der Waals surface area contributed by atoms with Gasteiger partial charge < -0.3 is 9.47 Å². The van der Waals surface area contributed by atoms with Gasteiger partial charge in [0.15, 0.2) is 0 Å². The highest BCUT2D eigenvalue weighted by molar-refractivity contribution is 7.85. The van der Waals surface area contributed by atoms with Gasteiger partial charge >= 0.3 is 5.97 Å². The average molecular weight is 250 g/mol. The number of rotatable bonds is 6. The van der Waals surface area contributed by atoms with Gasteiger partial charge in [0.2, 0.25) is 0 Å². The molecule has 0 spiro atoms. The Hall–Kier alpha value is -0.420. The van der Waals surface area contributed by atoms with Crippen LogP contribution in [0.25, 0.3) is 0 Å². The van der Waals surface area contributed by atoms with Crippen molar-refractivity contribution in [2.24, 2.45) is 5.92 Å². The molecule has 5 heteroatoms. The van der Waals surface area contributed by atoms with Crippen LogP contribution in [0.1, 0.15) is 27.7 Å². The van der Waals surface area contributed by atoms with Crippen LogP contribution in [-0.4, -0.2) is 41.0 Å². The monoisotopic (exact) mass is 250 g/mol. The number of esters is 1. The van der Waals surface area contributed by atoms with E-state index >= 15 is 0 Å². The summed E-state index contributed by atoms with van der Waals surface area (Å²) in [6, 6.07) is 0. The highest BCUT2D eigenvalue weighted by Crippen LogP contribution is 2.07. The zero-order valence-electron chi connectivity index (χ0n) is 10.7. The minimum absolute atomic E-state index is 0.210. The molecule has 0 rings (SSSR count). The van der Waals surface area contributed by atoms with E-state index in [4.69, 9.17) is 4.74 Å². The molecule has 0 heterocycles. The molecular formula is C11H22O4S. The van der Waals surface area contributed by atoms with E-state index in [1.807, 2.05) is 20.8 Å². The van der Waals surface area contributed by atoms with Crippen molar-refractivity contribution in [2.45, 2.75) is 33.3 Å². The molecule has 4 nitrogen and oxygen atoms in total. The molecule has 0 radical (unpaired) electrons. The molecule has 0 saturated carbocycles. The Labute approximate surface area is 100 Å². The second-order valence-corrected chi connectivity index (χ2v) is 6.32. The standard InChI is InChI=1S/C11H22O4S/c1-9(10(12)14-5)8-16(13)7-6-15-11(2,3)4/h9H,6-8H2,1-5H3. The summed E-state index contributed by atoms with van der Waals surface area (Å²) in [5.74, 6) is 0.157. The maximum Gasteiger partial charge on any atom is 0.309 e. The van der Waals surface area contributed by atoms with Gasteiger partial charge in [-0.3, -0.25) is 9.00 Å². The predicted octanol–water partition coefficient (Wildman–Crippen LogP) is 1.36. The van der Waals surface area contributed by atoms with E-state index in [2.05, 4.69) is 4.74 Å². The molecule has 2 unspecified atom stereocenters. The van der Waals surface area contributed by atoms with E-state index < -0.39 is 10.8 Å². The quantitative estimate of drug-likeness (QED) is 0.668. The lowest BCUT2D eigenvalue weighted by molar-refractivity contribution is -0.144. The van der Waals surface area contributed by atoms with Crippen LogP contribution in [0.2, 0.25) is 0 Å². The predicted molar refractivity (Wildman–Crippen MR) is 64.8 cm³/mol. The van der Waals surface area contributed by atoms with Crippen LogP contribution in [-0.2, 0) is 25.1 Å². The Morgan fingerprint density at radius 1 is 1.38 bits per heavy atom. The van der Waals surface area contributed by atoms with Crippen molar-refractivity contribution >= 4 is 16.8 Å². The second-order valence-electron chi connectivity index (χ2n) is 4.70. The molecule has 0 amide bonds. The van der Waals surface area contributed by atoms with Gasteiger partial charge in [-0.1, -0.05) is 6.92 Å². The molecule has 0 aromatic carbocycles. The molecule has 0 bridgehead atoms. The molecule has 0 aromatic heterocycles. The van der Waals surface area contributed by atoms with E-state index in [1.54, 1.807) is 6.92 Å². The van der Waals surface area contributed by atoms with Gasteiger partial charge in [0.25, 0.3) is 0 Å². The first-order valence-corrected chi connectivity index (χ1v) is 6.82. The third kappa shape index (κ3) is 7.82. The van der Waals surface area contributed by atoms with Crippen molar-refractivity contribution in [1.29, 1.82) is 0 Å². The summed E-state index contributed by atoms with van der Waals surface area (Å²) < 4.78 is 21.6. The van der Waals surface area contributed by atoms with Crippen LogP contribution in [0.15, 0.2) is 0 Å². The summed E-state index contributed by atoms with van der Waals surface area (Å²) >= 11 is 0. The number of methoxy groups -OCH3 is 1. The van der Waals surface area contributed by atoms with Crippen LogP contribution in [0, 0.1) is 5.92 Å². The molecule has 0 N–H and O–H groups in total. The lowest BCUT2D eigenvalue weighted by atomic mass is 10.2. The molecule has 0 fully saturated rings. The van der Waals surface area contributed by atoms with Gasteiger partial charge in [-0.15, -0.1) is 0 Å². The van der Waals surface area contributed by atoms with Crippen LogP contribution in [0.3, 0.4) is 0 Å². The van der Waals surface area contributed by atoms with Crippen LogP contribution in [0.4, 0.5) is 0 Å². The largest absolute Gasteiger partial charge is 0.469 e. The normalized spacial score (nSPS) is 15.6. The van der Waals surface area contributed by atoms with Crippen molar-refractivity contribution in [3.05, 3.63) is 0 Å². The minimum atomic E-state index is -1.03. The van der Waals surface area contributed by atoms with E-state index in [0.717, 1.165) is 0 Å². The van der Waals surface area contributed by atoms with E-state index in [1.165, 1.54) is 7.11 Å². The highest BCUT2D eigenvalue weighted by Gasteiger charge is 2.17. The first-order valence-electron chi connectivity index (χ1n) is 5.33. The summed E-state index contributed by atoms with van der Waals surface area (Å²) in [4.78, 5) is 11.1. The third-order valence-corrected chi connectivity index (χ3v) is 3.38. The molecule has 16 heavy (non-hydrogen) atoms. The van der Waals surface area contributed by atoms with Gasteiger partial charge in [0.05, 0.1) is 25.2 Å². The Morgan fingerprint density at radius 3 is 2.38 bits per heavy atom. The SMILES string of the molecule is COC(=O)C(C)CS(=O)CCOC(C)(C)C. The average Bonchev–Trinajstić information content (AvgIpc) is 2.14. The van der Waals surface area contributed by atoms with Crippen molar-refractivity contribution < 1.29 is 18.5 Å². The third-order valence-electron chi connectivity index (χ3n) is 1.89. The zero-order valence-corrected chi connectivity index (χ0v) is 11.6. The van der Waals surface area contributed by atoms with Crippen LogP contribution >= 0.6 is 0 Å². The van der Waals surface area contributed by atoms with Crippen LogP contribution < -0.4 is 0 Å². The first-order chi connectivity index (χ1) is 7.26. The maximum absolute atomic E-state index is 11.6. The van der Waals surface area contributed by atoms with Crippen molar-refractivity contribution in [3.8, 4) is 0 Å². The van der Waals surface area contributed by atoms with Gasteiger partial charge in [-0.2, -0.15) is 0 Å². The zero-order chi connectivity index (χ0) is 12.8. The van der Waals surface area contributed by atoms with Crippen LogP contribution in [0.5, 0.6) is 0 Å². The van der Waals surface area contributed by atoms with Gasteiger partial charge in [-0.05, 0) is 20.8 Å². The topological polar surface area (TPSA) is 52.6 Å². The lowest BCUT2D eigenvalue weighted by Crippen LogP contribution is -2.25. The summed E-state index contributed by atoms with van der Waals surface area (Å²) in [7, 11) is 0.305. The summed E-state index contributed by atoms with van der Waals surface area (Å²) in [5, 5.41) is 0. The number of ether oxygens (including phenoxy) is 2. The number of carbonyl (C=O) groups excluding carboxylic acids is 1. The molecule has 0 aliphatic carbocycles. The van der Waals surface area contributed by atoms with Gasteiger partial charge in [0.1, 0.15) is 0 Å². The molecule has 2 atom stereocenters. The Balaban J connectivity index is 3.79. The van der Waals surface area contributed by atoms with E-state index in [-0.39, 0.29) is 17.5 Å². The van der Waals surface area contributed by atoms with Crippen molar-refractivity contribution in [2.75, 3.05) is 25.2 Å². The molecular weight excluding hydrogens is 228 g/mol. The smallest absolute Gasteiger partial charge is 0.309 e. The molecule has 0 aliphatic rings. The molecule has 0 aliphatic heterocycles.